The average molecular weight is 450 g/mol. The molecule has 0 saturated carbocycles. The van der Waals surface area contributed by atoms with Crippen LogP contribution in [0.5, 0.6) is 17.2 Å². The molecular weight excluding hydrogens is 430 g/mol. The number of carbonyl (C=O) groups is 1. The highest BCUT2D eigenvalue weighted by Gasteiger charge is 2.15. The normalized spacial score (nSPS) is 10.7. The van der Waals surface area contributed by atoms with Gasteiger partial charge in [-0.3, -0.25) is 9.59 Å². The summed E-state index contributed by atoms with van der Waals surface area (Å²) in [6.07, 6.45) is 0. The Labute approximate surface area is 189 Å². The maximum Gasteiger partial charge on any atom is 0.262 e. The van der Waals surface area contributed by atoms with E-state index in [4.69, 9.17) is 25.5 Å². The summed E-state index contributed by atoms with van der Waals surface area (Å²) in [5.41, 5.74) is 1.83. The molecule has 6 nitrogen and oxygen atoms in total. The highest BCUT2D eigenvalue weighted by atomic mass is 35.5. The predicted octanol–water partition coefficient (Wildman–Crippen LogP) is 5.87. The first-order valence-corrected chi connectivity index (χ1v) is 10.3. The number of aryl methyl sites for hydroxylation is 2. The van der Waals surface area contributed by atoms with Gasteiger partial charge in [0.15, 0.2) is 6.61 Å². The zero-order valence-corrected chi connectivity index (χ0v) is 18.2. The molecule has 4 aromatic rings. The molecule has 0 saturated heterocycles. The van der Waals surface area contributed by atoms with Gasteiger partial charge in [0.2, 0.25) is 11.2 Å². The van der Waals surface area contributed by atoms with Crippen molar-refractivity contribution in [3.05, 3.63) is 93.3 Å². The number of rotatable bonds is 6. The van der Waals surface area contributed by atoms with Crippen LogP contribution in [0.4, 0.5) is 5.69 Å². The quantitative estimate of drug-likeness (QED) is 0.398. The lowest BCUT2D eigenvalue weighted by Gasteiger charge is -2.11. The molecule has 7 heteroatoms. The van der Waals surface area contributed by atoms with E-state index in [1.807, 2.05) is 31.2 Å². The van der Waals surface area contributed by atoms with Crippen LogP contribution in [0.25, 0.3) is 11.0 Å². The minimum atomic E-state index is -0.303. The van der Waals surface area contributed by atoms with E-state index in [2.05, 4.69) is 5.32 Å². The Balaban J connectivity index is 1.49. The fraction of sp³-hybridized carbons (Fsp3) is 0.120. The van der Waals surface area contributed by atoms with Crippen molar-refractivity contribution in [3.63, 3.8) is 0 Å². The second-order valence-electron chi connectivity index (χ2n) is 7.23. The molecule has 0 aliphatic rings. The molecule has 0 aliphatic carbocycles. The van der Waals surface area contributed by atoms with Crippen LogP contribution >= 0.6 is 11.6 Å². The summed E-state index contributed by atoms with van der Waals surface area (Å²) in [6.45, 7) is 3.44. The number of fused-ring (bicyclic) bond motifs is 1. The smallest absolute Gasteiger partial charge is 0.262 e. The fourth-order valence-corrected chi connectivity index (χ4v) is 3.21. The number of amides is 1. The number of hydrogen-bond donors (Lipinski definition) is 1. The molecular formula is C25H20ClNO5. The monoisotopic (exact) mass is 449 g/mol. The van der Waals surface area contributed by atoms with Crippen molar-refractivity contribution in [2.24, 2.45) is 0 Å². The lowest BCUT2D eigenvalue weighted by molar-refractivity contribution is -0.118. The van der Waals surface area contributed by atoms with E-state index < -0.39 is 0 Å². The van der Waals surface area contributed by atoms with Crippen molar-refractivity contribution in [1.29, 1.82) is 0 Å². The number of halogens is 1. The Kier molecular flexibility index (Phi) is 6.14. The maximum atomic E-state index is 12.9. The third kappa shape index (κ3) is 4.92. The van der Waals surface area contributed by atoms with Crippen LogP contribution < -0.4 is 20.2 Å². The Hall–Kier alpha value is -3.77. The van der Waals surface area contributed by atoms with Crippen LogP contribution in [0.15, 0.2) is 75.9 Å². The minimum Gasteiger partial charge on any atom is -0.484 e. The summed E-state index contributed by atoms with van der Waals surface area (Å²) in [5, 5.41) is 3.68. The number of hydrogen-bond acceptors (Lipinski definition) is 5. The zero-order valence-electron chi connectivity index (χ0n) is 17.5. The van der Waals surface area contributed by atoms with Gasteiger partial charge in [-0.1, -0.05) is 29.3 Å². The Morgan fingerprint density at radius 2 is 1.66 bits per heavy atom. The maximum absolute atomic E-state index is 12.9. The lowest BCUT2D eigenvalue weighted by atomic mass is 10.2. The van der Waals surface area contributed by atoms with Gasteiger partial charge in [0.05, 0.1) is 5.39 Å². The molecule has 0 spiro atoms. The van der Waals surface area contributed by atoms with Gasteiger partial charge in [0.25, 0.3) is 5.91 Å². The number of carbonyl (C=O) groups excluding carboxylic acids is 1. The second kappa shape index (κ2) is 9.16. The summed E-state index contributed by atoms with van der Waals surface area (Å²) < 4.78 is 17.1. The van der Waals surface area contributed by atoms with Gasteiger partial charge >= 0.3 is 0 Å². The van der Waals surface area contributed by atoms with Crippen LogP contribution in [0.1, 0.15) is 11.3 Å². The molecule has 1 heterocycles. The topological polar surface area (TPSA) is 77.8 Å². The first kappa shape index (κ1) is 21.5. The van der Waals surface area contributed by atoms with Gasteiger partial charge < -0.3 is 19.2 Å². The summed E-state index contributed by atoms with van der Waals surface area (Å²) in [7, 11) is 0. The molecule has 0 aliphatic heterocycles. The SMILES string of the molecule is Cc1ccc(NC(=O)COc2ccc3c(=O)c(Oc4ccc(Cl)cc4)c(C)oc3c2)cc1. The number of benzene rings is 3. The van der Waals surface area contributed by atoms with Crippen LogP contribution in [-0.4, -0.2) is 12.5 Å². The van der Waals surface area contributed by atoms with Crippen LogP contribution in [0.3, 0.4) is 0 Å². The van der Waals surface area contributed by atoms with Crippen LogP contribution in [0.2, 0.25) is 5.02 Å². The van der Waals surface area contributed by atoms with E-state index in [-0.39, 0.29) is 23.7 Å². The van der Waals surface area contributed by atoms with Crippen molar-refractivity contribution in [2.75, 3.05) is 11.9 Å². The largest absolute Gasteiger partial charge is 0.484 e. The van der Waals surface area contributed by atoms with Gasteiger partial charge in [-0.25, -0.2) is 0 Å². The van der Waals surface area contributed by atoms with E-state index in [9.17, 15) is 9.59 Å². The standard InChI is InChI=1S/C25H20ClNO5/c1-15-3-7-18(8-4-15)27-23(28)14-30-20-11-12-21-22(13-20)31-16(2)25(24(21)29)32-19-9-5-17(26)6-10-19/h3-13H,14H2,1-2H3,(H,27,28). The molecule has 4 rings (SSSR count). The van der Waals surface area contributed by atoms with E-state index in [1.165, 1.54) is 0 Å². The molecule has 1 N–H and O–H groups in total. The van der Waals surface area contributed by atoms with Crippen molar-refractivity contribution in [2.45, 2.75) is 13.8 Å². The van der Waals surface area contributed by atoms with Crippen molar-refractivity contribution in [3.8, 4) is 17.2 Å². The second-order valence-corrected chi connectivity index (χ2v) is 7.67. The molecule has 32 heavy (non-hydrogen) atoms. The third-order valence-electron chi connectivity index (χ3n) is 4.73. The molecule has 3 aromatic carbocycles. The van der Waals surface area contributed by atoms with Gasteiger partial charge in [0, 0.05) is 16.8 Å². The molecule has 0 unspecified atom stereocenters. The molecule has 0 fully saturated rings. The Morgan fingerprint density at radius 1 is 0.969 bits per heavy atom. The Bertz CT molecular complexity index is 1330. The highest BCUT2D eigenvalue weighted by Crippen LogP contribution is 2.28. The highest BCUT2D eigenvalue weighted by molar-refractivity contribution is 6.30. The third-order valence-corrected chi connectivity index (χ3v) is 4.98. The van der Waals surface area contributed by atoms with Gasteiger partial charge in [0.1, 0.15) is 22.8 Å². The summed E-state index contributed by atoms with van der Waals surface area (Å²) in [5.74, 6) is 1.02. The zero-order chi connectivity index (χ0) is 22.7. The van der Waals surface area contributed by atoms with E-state index in [1.54, 1.807) is 49.4 Å². The van der Waals surface area contributed by atoms with Crippen LogP contribution in [-0.2, 0) is 4.79 Å². The fourth-order valence-electron chi connectivity index (χ4n) is 3.08. The van der Waals surface area contributed by atoms with Gasteiger partial charge in [-0.2, -0.15) is 0 Å². The minimum absolute atomic E-state index is 0.103. The number of ether oxygens (including phenoxy) is 2. The van der Waals surface area contributed by atoms with E-state index in [0.717, 1.165) is 5.56 Å². The summed E-state index contributed by atoms with van der Waals surface area (Å²) in [6, 6.07) is 18.9. The molecule has 1 amide bonds. The molecule has 1 aromatic heterocycles. The van der Waals surface area contributed by atoms with Gasteiger partial charge in [-0.15, -0.1) is 0 Å². The Morgan fingerprint density at radius 3 is 2.38 bits per heavy atom. The van der Waals surface area contributed by atoms with E-state index in [0.29, 0.717) is 38.9 Å². The first-order valence-electron chi connectivity index (χ1n) is 9.89. The molecule has 162 valence electrons. The lowest BCUT2D eigenvalue weighted by Crippen LogP contribution is -2.20. The van der Waals surface area contributed by atoms with Crippen molar-refractivity contribution < 1.29 is 18.7 Å². The van der Waals surface area contributed by atoms with Gasteiger partial charge in [-0.05, 0) is 62.4 Å². The van der Waals surface area contributed by atoms with Crippen molar-refractivity contribution >= 4 is 34.2 Å². The first-order chi connectivity index (χ1) is 15.4. The summed E-state index contributed by atoms with van der Waals surface area (Å²) in [4.78, 5) is 25.1. The number of nitrogens with one attached hydrogen (secondary N) is 1. The number of anilines is 1. The predicted molar refractivity (Wildman–Crippen MR) is 124 cm³/mol. The molecule has 0 radical (unpaired) electrons. The average Bonchev–Trinajstić information content (AvgIpc) is 2.78. The molecule has 0 atom stereocenters. The van der Waals surface area contributed by atoms with Crippen molar-refractivity contribution in [1.82, 2.24) is 0 Å². The van der Waals surface area contributed by atoms with Crippen LogP contribution in [0, 0.1) is 13.8 Å². The van der Waals surface area contributed by atoms with E-state index >= 15 is 0 Å². The summed E-state index contributed by atoms with van der Waals surface area (Å²) >= 11 is 5.89. The molecule has 0 bridgehead atoms.